The van der Waals surface area contributed by atoms with Gasteiger partial charge in [0.15, 0.2) is 0 Å². The van der Waals surface area contributed by atoms with E-state index >= 15 is 0 Å². The summed E-state index contributed by atoms with van der Waals surface area (Å²) in [7, 11) is 0. The Morgan fingerprint density at radius 3 is 1.61 bits per heavy atom. The molecule has 6 heteroatoms. The van der Waals surface area contributed by atoms with Crippen molar-refractivity contribution in [2.45, 2.75) is 50.9 Å². The van der Waals surface area contributed by atoms with Crippen LogP contribution < -0.4 is 0 Å². The monoisotopic (exact) mass is 482 g/mol. The molecule has 4 aromatic rings. The number of nitrogens with zero attached hydrogens (tertiary/aromatic N) is 2. The Morgan fingerprint density at radius 2 is 1.16 bits per heavy atom. The van der Waals surface area contributed by atoms with Crippen LogP contribution in [0.4, 0.5) is 0 Å². The minimum absolute atomic E-state index is 0.720. The zero-order valence-electron chi connectivity index (χ0n) is 17.4. The summed E-state index contributed by atoms with van der Waals surface area (Å²) in [5, 5.41) is 4.35. The summed E-state index contributed by atoms with van der Waals surface area (Å²) >= 11 is 7.64. The first-order valence-corrected chi connectivity index (χ1v) is 14.5. The molecule has 0 N–H and O–H groups in total. The molecular weight excluding hydrogens is 457 g/mol. The Kier molecular flexibility index (Phi) is 5.86. The quantitative estimate of drug-likeness (QED) is 0.276. The standard InChI is InChI=1S/C25H26N2S4/c1-2-6-21-20(5-1)26(15-18-9-11-24(30-18)22-7-3-13-28-22)17-27(21)16-19-10-12-25(31-19)23-8-4-14-29-23/h3-4,7-14,20-21H,1-2,5-6,15-17H2/t20-,21-/m1/s1. The number of hydrogen-bond acceptors (Lipinski definition) is 6. The maximum absolute atomic E-state index is 2.77. The van der Waals surface area contributed by atoms with Gasteiger partial charge in [-0.15, -0.1) is 45.3 Å². The molecule has 0 bridgehead atoms. The third-order valence-corrected chi connectivity index (χ3v) is 10.8. The van der Waals surface area contributed by atoms with Crippen LogP contribution in [0.25, 0.3) is 19.5 Å². The van der Waals surface area contributed by atoms with Crippen molar-refractivity contribution < 1.29 is 0 Å². The van der Waals surface area contributed by atoms with Crippen molar-refractivity contribution in [3.8, 4) is 19.5 Å². The number of thiophene rings is 4. The first kappa shape index (κ1) is 20.3. The molecule has 5 heterocycles. The molecule has 1 aliphatic heterocycles. The Morgan fingerprint density at radius 1 is 0.645 bits per heavy atom. The van der Waals surface area contributed by atoms with E-state index in [0.29, 0.717) is 0 Å². The molecule has 2 fully saturated rings. The van der Waals surface area contributed by atoms with Gasteiger partial charge in [-0.2, -0.15) is 0 Å². The van der Waals surface area contributed by atoms with E-state index in [4.69, 9.17) is 0 Å². The van der Waals surface area contributed by atoms with E-state index in [2.05, 4.69) is 69.1 Å². The van der Waals surface area contributed by atoms with E-state index in [1.54, 1.807) is 0 Å². The highest BCUT2D eigenvalue weighted by molar-refractivity contribution is 7.21. The molecule has 31 heavy (non-hydrogen) atoms. The molecule has 6 rings (SSSR count). The topological polar surface area (TPSA) is 6.48 Å². The van der Waals surface area contributed by atoms with Gasteiger partial charge in [0, 0.05) is 54.4 Å². The molecular formula is C25H26N2S4. The third-order valence-electron chi connectivity index (χ3n) is 6.56. The average molecular weight is 483 g/mol. The van der Waals surface area contributed by atoms with Crippen molar-refractivity contribution in [2.24, 2.45) is 0 Å². The largest absolute Gasteiger partial charge is 0.281 e. The van der Waals surface area contributed by atoms with E-state index in [1.165, 1.54) is 54.9 Å². The fourth-order valence-electron chi connectivity index (χ4n) is 5.15. The Hall–Kier alpha value is -1.28. The van der Waals surface area contributed by atoms with Crippen LogP contribution in [0.15, 0.2) is 59.3 Å². The van der Waals surface area contributed by atoms with Crippen LogP contribution in [0.5, 0.6) is 0 Å². The third kappa shape index (κ3) is 4.22. The van der Waals surface area contributed by atoms with E-state index in [1.807, 2.05) is 45.3 Å². The first-order valence-electron chi connectivity index (χ1n) is 11.1. The van der Waals surface area contributed by atoms with E-state index in [0.717, 1.165) is 31.8 Å². The number of fused-ring (bicyclic) bond motifs is 1. The van der Waals surface area contributed by atoms with Crippen molar-refractivity contribution in [2.75, 3.05) is 6.67 Å². The molecule has 0 amide bonds. The number of rotatable bonds is 6. The summed E-state index contributed by atoms with van der Waals surface area (Å²) < 4.78 is 0. The predicted octanol–water partition coefficient (Wildman–Crippen LogP) is 7.85. The fourth-order valence-corrected chi connectivity index (χ4v) is 8.89. The van der Waals surface area contributed by atoms with Gasteiger partial charge in [0.25, 0.3) is 0 Å². The highest BCUT2D eigenvalue weighted by atomic mass is 32.1. The maximum atomic E-state index is 2.77. The molecule has 2 nitrogen and oxygen atoms in total. The van der Waals surface area contributed by atoms with Crippen molar-refractivity contribution in [3.63, 3.8) is 0 Å². The van der Waals surface area contributed by atoms with Crippen LogP contribution in [0, 0.1) is 0 Å². The molecule has 1 aliphatic carbocycles. The molecule has 160 valence electrons. The molecule has 0 aromatic carbocycles. The second-order valence-corrected chi connectivity index (χ2v) is 12.8. The highest BCUT2D eigenvalue weighted by Crippen LogP contribution is 2.38. The second-order valence-electron chi connectivity index (χ2n) is 8.54. The summed E-state index contributed by atoms with van der Waals surface area (Å²) in [6.07, 6.45) is 5.49. The van der Waals surface area contributed by atoms with Crippen LogP contribution in [0.3, 0.4) is 0 Å². The summed E-state index contributed by atoms with van der Waals surface area (Å²) in [5.41, 5.74) is 0. The maximum Gasteiger partial charge on any atom is 0.0520 e. The van der Waals surface area contributed by atoms with Gasteiger partial charge in [-0.25, -0.2) is 0 Å². The van der Waals surface area contributed by atoms with Gasteiger partial charge in [-0.3, -0.25) is 9.80 Å². The van der Waals surface area contributed by atoms with Crippen molar-refractivity contribution >= 4 is 45.3 Å². The van der Waals surface area contributed by atoms with Crippen LogP contribution in [-0.4, -0.2) is 28.6 Å². The lowest BCUT2D eigenvalue weighted by Gasteiger charge is -2.32. The molecule has 4 aromatic heterocycles. The van der Waals surface area contributed by atoms with E-state index < -0.39 is 0 Å². The SMILES string of the molecule is c1csc(-c2ccc(CN3CN(Cc4ccc(-c5cccs5)s4)[C@@H]4CCCC[C@H]43)s2)c1. The normalized spacial score (nSPS) is 22.2. The van der Waals surface area contributed by atoms with Crippen molar-refractivity contribution in [3.05, 3.63) is 69.0 Å². The van der Waals surface area contributed by atoms with E-state index in [9.17, 15) is 0 Å². The summed E-state index contributed by atoms with van der Waals surface area (Å²) in [6, 6.07) is 19.6. The van der Waals surface area contributed by atoms with Gasteiger partial charge < -0.3 is 0 Å². The van der Waals surface area contributed by atoms with Crippen LogP contribution >= 0.6 is 45.3 Å². The van der Waals surface area contributed by atoms with Gasteiger partial charge in [-0.05, 0) is 60.0 Å². The predicted molar refractivity (Wildman–Crippen MR) is 137 cm³/mol. The molecule has 0 radical (unpaired) electrons. The summed E-state index contributed by atoms with van der Waals surface area (Å²) in [5.74, 6) is 0. The lowest BCUT2D eigenvalue weighted by molar-refractivity contribution is 0.198. The van der Waals surface area contributed by atoms with Crippen LogP contribution in [0.2, 0.25) is 0 Å². The molecule has 1 saturated heterocycles. The number of hydrogen-bond donors (Lipinski definition) is 0. The Labute approximate surface area is 200 Å². The Balaban J connectivity index is 1.17. The van der Waals surface area contributed by atoms with Gasteiger partial charge in [0.2, 0.25) is 0 Å². The second kappa shape index (κ2) is 8.93. The first-order chi connectivity index (χ1) is 15.3. The smallest absolute Gasteiger partial charge is 0.0520 e. The zero-order valence-corrected chi connectivity index (χ0v) is 20.7. The minimum atomic E-state index is 0.720. The molecule has 2 aliphatic rings. The van der Waals surface area contributed by atoms with Crippen LogP contribution in [-0.2, 0) is 13.1 Å². The van der Waals surface area contributed by atoms with Gasteiger partial charge in [-0.1, -0.05) is 25.0 Å². The van der Waals surface area contributed by atoms with Crippen LogP contribution in [0.1, 0.15) is 35.4 Å². The molecule has 2 atom stereocenters. The van der Waals surface area contributed by atoms with Gasteiger partial charge in [0.05, 0.1) is 6.67 Å². The van der Waals surface area contributed by atoms with E-state index in [-0.39, 0.29) is 0 Å². The molecule has 0 unspecified atom stereocenters. The fraction of sp³-hybridized carbons (Fsp3) is 0.360. The molecule has 1 saturated carbocycles. The zero-order chi connectivity index (χ0) is 20.6. The lowest BCUT2D eigenvalue weighted by atomic mass is 9.90. The Bertz CT molecular complexity index is 1020. The summed E-state index contributed by atoms with van der Waals surface area (Å²) in [6.45, 7) is 3.30. The van der Waals surface area contributed by atoms with Gasteiger partial charge in [0.1, 0.15) is 0 Å². The summed E-state index contributed by atoms with van der Waals surface area (Å²) in [4.78, 5) is 14.2. The van der Waals surface area contributed by atoms with Crippen molar-refractivity contribution in [1.29, 1.82) is 0 Å². The molecule has 0 spiro atoms. The average Bonchev–Trinajstić information content (AvgIpc) is 3.59. The van der Waals surface area contributed by atoms with Crippen molar-refractivity contribution in [1.82, 2.24) is 9.80 Å². The lowest BCUT2D eigenvalue weighted by Crippen LogP contribution is -2.39. The van der Waals surface area contributed by atoms with Gasteiger partial charge >= 0.3 is 0 Å². The highest BCUT2D eigenvalue weighted by Gasteiger charge is 2.41. The minimum Gasteiger partial charge on any atom is -0.281 e.